The van der Waals surface area contributed by atoms with Crippen molar-refractivity contribution in [3.8, 4) is 0 Å². The molecule has 0 aliphatic carbocycles. The van der Waals surface area contributed by atoms with Gasteiger partial charge in [-0.25, -0.2) is 8.42 Å². The number of sulfonamides is 1. The van der Waals surface area contributed by atoms with Crippen molar-refractivity contribution in [3.05, 3.63) is 42.0 Å². The van der Waals surface area contributed by atoms with Crippen LogP contribution in [0, 0.1) is 6.92 Å². The molecule has 0 bridgehead atoms. The van der Waals surface area contributed by atoms with Gasteiger partial charge in [0.05, 0.1) is 6.20 Å². The van der Waals surface area contributed by atoms with Gasteiger partial charge in [0.1, 0.15) is 4.90 Å². The number of H-pyrrole nitrogens is 1. The maximum absolute atomic E-state index is 12.5. The van der Waals surface area contributed by atoms with Crippen molar-refractivity contribution < 1.29 is 8.42 Å². The van der Waals surface area contributed by atoms with Crippen LogP contribution < -0.4 is 0 Å². The minimum Gasteiger partial charge on any atom is -0.284 e. The van der Waals surface area contributed by atoms with Gasteiger partial charge in [0, 0.05) is 31.2 Å². The highest BCUT2D eigenvalue weighted by Gasteiger charge is 2.31. The zero-order chi connectivity index (χ0) is 14.9. The Bertz CT molecular complexity index is 712. The number of nitrogens with zero attached hydrogens (tertiary/aromatic N) is 3. The van der Waals surface area contributed by atoms with Crippen molar-refractivity contribution in [1.29, 1.82) is 0 Å². The topological polar surface area (TPSA) is 79.0 Å². The van der Waals surface area contributed by atoms with E-state index in [4.69, 9.17) is 0 Å². The Morgan fingerprint density at radius 1 is 1.43 bits per heavy atom. The first-order valence-electron chi connectivity index (χ1n) is 6.99. The Labute approximate surface area is 124 Å². The monoisotopic (exact) mass is 306 g/mol. The molecule has 7 heteroatoms. The van der Waals surface area contributed by atoms with E-state index in [0.717, 1.165) is 24.1 Å². The van der Waals surface area contributed by atoms with Gasteiger partial charge >= 0.3 is 0 Å². The fourth-order valence-corrected chi connectivity index (χ4v) is 4.21. The van der Waals surface area contributed by atoms with Gasteiger partial charge < -0.3 is 0 Å². The zero-order valence-electron chi connectivity index (χ0n) is 11.9. The quantitative estimate of drug-likeness (QED) is 0.935. The van der Waals surface area contributed by atoms with Crippen LogP contribution in [0.3, 0.4) is 0 Å². The first-order valence-corrected chi connectivity index (χ1v) is 8.43. The molecule has 2 aromatic rings. The Kier molecular flexibility index (Phi) is 3.77. The Morgan fingerprint density at radius 2 is 2.29 bits per heavy atom. The lowest BCUT2D eigenvalue weighted by Crippen LogP contribution is -2.38. The van der Waals surface area contributed by atoms with Gasteiger partial charge in [-0.05, 0) is 43.4 Å². The third-order valence-electron chi connectivity index (χ3n) is 3.89. The standard InChI is InChI=1S/C14H18N4O2S/c1-11-7-12(4-5-15-11)13-3-2-6-18(10-13)21(19,20)14-8-16-17-9-14/h4-5,7-9,13H,2-3,6,10H2,1H3,(H,16,17)/t13-/m1/s1. The lowest BCUT2D eigenvalue weighted by molar-refractivity contribution is 0.315. The fraction of sp³-hybridized carbons (Fsp3) is 0.429. The molecule has 2 aromatic heterocycles. The third kappa shape index (κ3) is 2.84. The summed E-state index contributed by atoms with van der Waals surface area (Å²) in [6.45, 7) is 3.03. The highest BCUT2D eigenvalue weighted by Crippen LogP contribution is 2.30. The number of pyridine rings is 1. The predicted octanol–water partition coefficient (Wildman–Crippen LogP) is 1.68. The summed E-state index contributed by atoms with van der Waals surface area (Å²) in [6, 6.07) is 4.02. The van der Waals surface area contributed by atoms with E-state index in [1.54, 1.807) is 10.5 Å². The van der Waals surface area contributed by atoms with E-state index in [-0.39, 0.29) is 10.8 Å². The van der Waals surface area contributed by atoms with Gasteiger partial charge in [-0.1, -0.05) is 0 Å². The van der Waals surface area contributed by atoms with Crippen molar-refractivity contribution >= 4 is 10.0 Å². The molecule has 0 spiro atoms. The number of hydrogen-bond acceptors (Lipinski definition) is 4. The highest BCUT2D eigenvalue weighted by atomic mass is 32.2. The molecule has 1 aliphatic rings. The average molecular weight is 306 g/mol. The molecule has 1 fully saturated rings. The SMILES string of the molecule is Cc1cc([C@@H]2CCCN(S(=O)(=O)c3cn[nH]c3)C2)ccn1. The summed E-state index contributed by atoms with van der Waals surface area (Å²) < 4.78 is 26.6. The summed E-state index contributed by atoms with van der Waals surface area (Å²) in [6.07, 6.45) is 6.43. The van der Waals surface area contributed by atoms with Crippen molar-refractivity contribution in [2.24, 2.45) is 0 Å². The molecule has 3 heterocycles. The second-order valence-electron chi connectivity index (χ2n) is 5.37. The second-order valence-corrected chi connectivity index (χ2v) is 7.30. The Morgan fingerprint density at radius 3 is 3.00 bits per heavy atom. The zero-order valence-corrected chi connectivity index (χ0v) is 12.7. The molecule has 21 heavy (non-hydrogen) atoms. The molecule has 1 aliphatic heterocycles. The summed E-state index contributed by atoms with van der Waals surface area (Å²) in [7, 11) is -3.45. The number of rotatable bonds is 3. The van der Waals surface area contributed by atoms with Crippen LogP contribution in [0.1, 0.15) is 30.0 Å². The normalized spacial score (nSPS) is 20.5. The van der Waals surface area contributed by atoms with Crippen LogP contribution in [-0.4, -0.2) is 41.0 Å². The minimum absolute atomic E-state index is 0.224. The maximum Gasteiger partial charge on any atom is 0.246 e. The first kappa shape index (κ1) is 14.2. The fourth-order valence-electron chi connectivity index (χ4n) is 2.78. The van der Waals surface area contributed by atoms with Crippen LogP contribution in [-0.2, 0) is 10.0 Å². The van der Waals surface area contributed by atoms with E-state index in [2.05, 4.69) is 15.2 Å². The van der Waals surface area contributed by atoms with Crippen molar-refractivity contribution in [1.82, 2.24) is 19.5 Å². The van der Waals surface area contributed by atoms with Crippen LogP contribution in [0.15, 0.2) is 35.6 Å². The molecular formula is C14H18N4O2S. The van der Waals surface area contributed by atoms with Gasteiger partial charge in [0.2, 0.25) is 10.0 Å². The van der Waals surface area contributed by atoms with Gasteiger partial charge in [-0.15, -0.1) is 0 Å². The Balaban J connectivity index is 1.83. The van der Waals surface area contributed by atoms with Crippen LogP contribution in [0.5, 0.6) is 0 Å². The summed E-state index contributed by atoms with van der Waals surface area (Å²) in [4.78, 5) is 4.43. The van der Waals surface area contributed by atoms with Crippen LogP contribution >= 0.6 is 0 Å². The van der Waals surface area contributed by atoms with E-state index >= 15 is 0 Å². The van der Waals surface area contributed by atoms with Gasteiger partial charge in [0.15, 0.2) is 0 Å². The molecular weight excluding hydrogens is 288 g/mol. The number of aromatic amines is 1. The van der Waals surface area contributed by atoms with Gasteiger partial charge in [0.25, 0.3) is 0 Å². The predicted molar refractivity (Wildman–Crippen MR) is 78.3 cm³/mol. The van der Waals surface area contributed by atoms with Crippen molar-refractivity contribution in [3.63, 3.8) is 0 Å². The largest absolute Gasteiger partial charge is 0.284 e. The van der Waals surface area contributed by atoms with Crippen LogP contribution in [0.25, 0.3) is 0 Å². The molecule has 0 radical (unpaired) electrons. The molecule has 1 N–H and O–H groups in total. The van der Waals surface area contributed by atoms with Gasteiger partial charge in [-0.2, -0.15) is 9.40 Å². The first-order chi connectivity index (χ1) is 10.1. The van der Waals surface area contributed by atoms with Crippen LogP contribution in [0.4, 0.5) is 0 Å². The minimum atomic E-state index is -3.45. The molecule has 0 aromatic carbocycles. The lowest BCUT2D eigenvalue weighted by atomic mass is 9.92. The summed E-state index contributed by atoms with van der Waals surface area (Å²) in [5.41, 5.74) is 2.12. The summed E-state index contributed by atoms with van der Waals surface area (Å²) >= 11 is 0. The number of aromatic nitrogens is 3. The van der Waals surface area contributed by atoms with E-state index in [1.165, 1.54) is 12.4 Å². The smallest absolute Gasteiger partial charge is 0.246 e. The lowest BCUT2D eigenvalue weighted by Gasteiger charge is -2.31. The molecule has 3 rings (SSSR count). The number of piperidine rings is 1. The number of nitrogens with one attached hydrogen (secondary N) is 1. The highest BCUT2D eigenvalue weighted by molar-refractivity contribution is 7.89. The average Bonchev–Trinajstić information content (AvgIpc) is 3.02. The third-order valence-corrected chi connectivity index (χ3v) is 5.72. The molecule has 0 amide bonds. The van der Waals surface area contributed by atoms with E-state index in [1.807, 2.05) is 19.1 Å². The molecule has 1 saturated heterocycles. The van der Waals surface area contributed by atoms with Gasteiger partial charge in [-0.3, -0.25) is 10.1 Å². The molecule has 0 saturated carbocycles. The van der Waals surface area contributed by atoms with Crippen molar-refractivity contribution in [2.75, 3.05) is 13.1 Å². The van der Waals surface area contributed by atoms with E-state index in [0.29, 0.717) is 13.1 Å². The maximum atomic E-state index is 12.5. The molecule has 112 valence electrons. The molecule has 1 atom stereocenters. The van der Waals surface area contributed by atoms with Crippen LogP contribution in [0.2, 0.25) is 0 Å². The van der Waals surface area contributed by atoms with E-state index in [9.17, 15) is 8.42 Å². The molecule has 0 unspecified atom stereocenters. The summed E-state index contributed by atoms with van der Waals surface area (Å²) in [5.74, 6) is 0.224. The second kappa shape index (κ2) is 5.57. The van der Waals surface area contributed by atoms with Crippen molar-refractivity contribution in [2.45, 2.75) is 30.6 Å². The summed E-state index contributed by atoms with van der Waals surface area (Å²) in [5, 5.41) is 6.29. The van der Waals surface area contributed by atoms with E-state index < -0.39 is 10.0 Å². The molecule has 6 nitrogen and oxygen atoms in total. The number of hydrogen-bond donors (Lipinski definition) is 1. The number of aryl methyl sites for hydroxylation is 1. The Hall–Kier alpha value is -1.73.